The molecule has 12 nitrogen and oxygen atoms in total. The van der Waals surface area contributed by atoms with Crippen LogP contribution in [0.25, 0.3) is 0 Å². The molecule has 1 saturated heterocycles. The van der Waals surface area contributed by atoms with Gasteiger partial charge in [-0.05, 0) is 78.6 Å². The molecule has 1 aliphatic heterocycles. The molecule has 0 radical (unpaired) electrons. The maximum absolute atomic E-state index is 13.7. The molecule has 2 fully saturated rings. The Morgan fingerprint density at radius 1 is 0.816 bits per heavy atom. The summed E-state index contributed by atoms with van der Waals surface area (Å²) in [6, 6.07) is 20.4. The van der Waals surface area contributed by atoms with Crippen molar-refractivity contribution in [2.45, 2.75) is 86.8 Å². The molecule has 260 valence electrons. The molecule has 6 rings (SSSR count). The van der Waals surface area contributed by atoms with Crippen molar-refractivity contribution < 1.29 is 44.9 Å². The van der Waals surface area contributed by atoms with E-state index < -0.39 is 54.0 Å². The van der Waals surface area contributed by atoms with Crippen LogP contribution in [0.15, 0.2) is 79.1 Å². The van der Waals surface area contributed by atoms with E-state index in [0.29, 0.717) is 24.8 Å². The summed E-state index contributed by atoms with van der Waals surface area (Å²) in [5.41, 5.74) is 1.66. The van der Waals surface area contributed by atoms with Crippen LogP contribution in [0.2, 0.25) is 0 Å². The summed E-state index contributed by atoms with van der Waals surface area (Å²) in [6.45, 7) is 0. The van der Waals surface area contributed by atoms with Crippen LogP contribution in [0.4, 0.5) is 10.1 Å². The van der Waals surface area contributed by atoms with Crippen molar-refractivity contribution in [3.8, 4) is 0 Å². The number of aliphatic hydroxyl groups excluding tert-OH is 6. The lowest BCUT2D eigenvalue weighted by Gasteiger charge is -2.48. The lowest BCUT2D eigenvalue weighted by atomic mass is 9.72. The summed E-state index contributed by atoms with van der Waals surface area (Å²) in [6.07, 6.45) is -6.60. The average Bonchev–Trinajstić information content (AvgIpc) is 3.65. The Kier molecular flexibility index (Phi) is 10.2. The molecule has 0 bridgehead atoms. The van der Waals surface area contributed by atoms with E-state index in [-0.39, 0.29) is 24.8 Å². The maximum Gasteiger partial charge on any atom is 0.233 e. The Balaban J connectivity index is 1.18. The minimum Gasteiger partial charge on any atom is -0.388 e. The number of benzene rings is 3. The van der Waals surface area contributed by atoms with Gasteiger partial charge in [-0.3, -0.25) is 9.89 Å². The smallest absolute Gasteiger partial charge is 0.233 e. The quantitative estimate of drug-likeness (QED) is 0.101. The van der Waals surface area contributed by atoms with E-state index in [0.717, 1.165) is 34.6 Å². The number of nitrogens with zero attached hydrogens (tertiary/aromatic N) is 3. The standard InChI is InChI=1S/C36H41FN4O8/c37-24-10-8-22(9-11-24)27(42)15-14-26-29(41(35(26)48)25-12-3-20(4-13-25)5-16-28-38-19-39-40-28)23-6-1-21(2-7-23)17-18-36(49)33(46)31(44)30(43)32(45)34(36)47/h1-4,6-13,19,26-27,29-34,42-47,49H,5,14-18H2,(H,38,39,40)/t26-,27+,29-,30?,31-,32+,33+,34-,36?/m1/s1. The number of aliphatic hydroxyl groups is 7. The van der Waals surface area contributed by atoms with Crippen molar-refractivity contribution in [1.29, 1.82) is 0 Å². The lowest BCUT2D eigenvalue weighted by molar-refractivity contribution is -0.269. The second kappa shape index (κ2) is 14.4. The van der Waals surface area contributed by atoms with Crippen LogP contribution in [0.3, 0.4) is 0 Å². The van der Waals surface area contributed by atoms with Crippen LogP contribution in [-0.4, -0.2) is 93.0 Å². The average molecular weight is 677 g/mol. The van der Waals surface area contributed by atoms with E-state index in [4.69, 9.17) is 0 Å². The lowest BCUT2D eigenvalue weighted by Crippen LogP contribution is -2.70. The number of rotatable bonds is 12. The summed E-state index contributed by atoms with van der Waals surface area (Å²) >= 11 is 0. The van der Waals surface area contributed by atoms with Crippen LogP contribution in [-0.2, 0) is 24.1 Å². The van der Waals surface area contributed by atoms with E-state index in [1.807, 2.05) is 36.4 Å². The number of halogens is 1. The number of aromatic amines is 1. The topological polar surface area (TPSA) is 203 Å². The number of aromatic nitrogens is 3. The first-order valence-corrected chi connectivity index (χ1v) is 16.4. The van der Waals surface area contributed by atoms with Gasteiger partial charge in [0.05, 0.1) is 18.1 Å². The summed E-state index contributed by atoms with van der Waals surface area (Å²) in [5, 5.41) is 79.5. The van der Waals surface area contributed by atoms with Gasteiger partial charge in [0.2, 0.25) is 5.91 Å². The first kappa shape index (κ1) is 34.8. The normalized spacial score (nSPS) is 29.1. The van der Waals surface area contributed by atoms with Gasteiger partial charge >= 0.3 is 0 Å². The number of amides is 1. The Hall–Kier alpha value is -4.08. The van der Waals surface area contributed by atoms with Crippen molar-refractivity contribution in [2.24, 2.45) is 5.92 Å². The predicted molar refractivity (Wildman–Crippen MR) is 174 cm³/mol. The maximum atomic E-state index is 13.7. The number of H-pyrrole nitrogens is 1. The second-order valence-corrected chi connectivity index (χ2v) is 13.1. The number of carbonyl (C=O) groups is 1. The van der Waals surface area contributed by atoms with Crippen molar-refractivity contribution in [3.05, 3.63) is 113 Å². The molecule has 4 aromatic rings. The van der Waals surface area contributed by atoms with E-state index in [1.165, 1.54) is 30.6 Å². The Labute approximate surface area is 282 Å². The van der Waals surface area contributed by atoms with Crippen LogP contribution in [0.5, 0.6) is 0 Å². The largest absolute Gasteiger partial charge is 0.388 e. The predicted octanol–water partition coefficient (Wildman–Crippen LogP) is 1.43. The second-order valence-electron chi connectivity index (χ2n) is 13.1. The van der Waals surface area contributed by atoms with Gasteiger partial charge in [-0.25, -0.2) is 9.37 Å². The van der Waals surface area contributed by atoms with Gasteiger partial charge in [-0.1, -0.05) is 48.5 Å². The van der Waals surface area contributed by atoms with Gasteiger partial charge in [0.25, 0.3) is 0 Å². The zero-order valence-electron chi connectivity index (χ0n) is 26.6. The third-order valence-electron chi connectivity index (χ3n) is 10.1. The fraction of sp³-hybridized carbons (Fsp3) is 0.417. The van der Waals surface area contributed by atoms with Crippen molar-refractivity contribution in [2.75, 3.05) is 4.90 Å². The molecule has 3 aromatic carbocycles. The first-order chi connectivity index (χ1) is 23.5. The third kappa shape index (κ3) is 7.01. The van der Waals surface area contributed by atoms with Crippen LogP contribution < -0.4 is 4.90 Å². The summed E-state index contributed by atoms with van der Waals surface area (Å²) in [4.78, 5) is 19.6. The van der Waals surface area contributed by atoms with Crippen molar-refractivity contribution >= 4 is 11.6 Å². The highest BCUT2D eigenvalue weighted by atomic mass is 19.1. The highest BCUT2D eigenvalue weighted by molar-refractivity contribution is 6.03. The summed E-state index contributed by atoms with van der Waals surface area (Å²) in [7, 11) is 0. The zero-order valence-corrected chi connectivity index (χ0v) is 26.6. The van der Waals surface area contributed by atoms with Gasteiger partial charge in [0.15, 0.2) is 0 Å². The Bertz CT molecular complexity index is 1670. The van der Waals surface area contributed by atoms with E-state index in [9.17, 15) is 44.9 Å². The monoisotopic (exact) mass is 676 g/mol. The SMILES string of the molecule is O=C1[C@H](CC[C@H](O)c2ccc(F)cc2)[C@@H](c2ccc(CCC3(O)[C@H](O)[C@@H](O)C(O)[C@@H](O)[C@@H]3O)cc2)N1c1ccc(CCc2ncn[nH]2)cc1. The van der Waals surface area contributed by atoms with Crippen molar-refractivity contribution in [1.82, 2.24) is 15.2 Å². The van der Waals surface area contributed by atoms with Crippen LogP contribution >= 0.6 is 0 Å². The van der Waals surface area contributed by atoms with Crippen LogP contribution in [0.1, 0.15) is 59.5 Å². The number of carbonyl (C=O) groups excluding carboxylic acids is 1. The highest BCUT2D eigenvalue weighted by Gasteiger charge is 2.57. The molecule has 9 atom stereocenters. The number of hydrogen-bond acceptors (Lipinski definition) is 10. The number of nitrogens with one attached hydrogen (secondary N) is 1. The molecule has 1 saturated carbocycles. The minimum absolute atomic E-state index is 0.0865. The molecular weight excluding hydrogens is 635 g/mol. The fourth-order valence-electron chi connectivity index (χ4n) is 6.99. The molecule has 1 aliphatic carbocycles. The van der Waals surface area contributed by atoms with Gasteiger partial charge in [0, 0.05) is 12.1 Å². The Morgan fingerprint density at radius 2 is 1.43 bits per heavy atom. The number of anilines is 1. The molecular formula is C36H41FN4O8. The number of aryl methyl sites for hydroxylation is 3. The van der Waals surface area contributed by atoms with Gasteiger partial charge in [-0.15, -0.1) is 0 Å². The van der Waals surface area contributed by atoms with E-state index >= 15 is 0 Å². The molecule has 13 heteroatoms. The molecule has 1 amide bonds. The van der Waals surface area contributed by atoms with E-state index in [2.05, 4.69) is 15.2 Å². The summed E-state index contributed by atoms with van der Waals surface area (Å²) in [5.74, 6) is -0.140. The molecule has 2 unspecified atom stereocenters. The Morgan fingerprint density at radius 3 is 2.04 bits per heavy atom. The zero-order chi connectivity index (χ0) is 34.9. The molecule has 1 aromatic heterocycles. The van der Waals surface area contributed by atoms with Gasteiger partial charge in [-0.2, -0.15) is 5.10 Å². The highest BCUT2D eigenvalue weighted by Crippen LogP contribution is 2.46. The fourth-order valence-corrected chi connectivity index (χ4v) is 6.99. The van der Waals surface area contributed by atoms with Gasteiger partial charge < -0.3 is 40.6 Å². The molecule has 2 aliphatic rings. The molecule has 2 heterocycles. The number of β-lactam (4-membered cyclic amide) rings is 1. The van der Waals surface area contributed by atoms with Crippen LogP contribution in [0, 0.1) is 11.7 Å². The molecule has 49 heavy (non-hydrogen) atoms. The summed E-state index contributed by atoms with van der Waals surface area (Å²) < 4.78 is 13.4. The number of hydrogen-bond donors (Lipinski definition) is 8. The van der Waals surface area contributed by atoms with Gasteiger partial charge in [0.1, 0.15) is 54.1 Å². The minimum atomic E-state index is -2.26. The molecule has 0 spiro atoms. The van der Waals surface area contributed by atoms with E-state index in [1.54, 1.807) is 17.0 Å². The van der Waals surface area contributed by atoms with Crippen molar-refractivity contribution in [3.63, 3.8) is 0 Å². The molecule has 8 N–H and O–H groups in total. The third-order valence-corrected chi connectivity index (χ3v) is 10.1. The first-order valence-electron chi connectivity index (χ1n) is 16.4.